The zero-order chi connectivity index (χ0) is 14.7. The molecule has 3 nitrogen and oxygen atoms in total. The molecular weight excluding hydrogens is 259 g/mol. The Labute approximate surface area is 116 Å². The molecule has 3 N–H and O–H groups in total. The summed E-state index contributed by atoms with van der Waals surface area (Å²) in [7, 11) is -1.72. The van der Waals surface area contributed by atoms with E-state index in [0.717, 1.165) is 0 Å². The van der Waals surface area contributed by atoms with E-state index in [4.69, 9.17) is 10.2 Å². The molecule has 0 aliphatic carbocycles. The maximum Gasteiger partial charge on any atom is 0.192 e. The second kappa shape index (κ2) is 5.92. The van der Waals surface area contributed by atoms with Gasteiger partial charge in [0, 0.05) is 12.2 Å². The summed E-state index contributed by atoms with van der Waals surface area (Å²) in [5.74, 6) is -0.327. The number of hydrogen-bond donors (Lipinski definition) is 2. The average molecular weight is 284 g/mol. The normalized spacial score (nSPS) is 12.5. The monoisotopic (exact) mass is 284 g/mol. The van der Waals surface area contributed by atoms with Crippen molar-refractivity contribution in [1.29, 1.82) is 0 Å². The molecule has 0 radical (unpaired) electrons. The Kier molecular flexibility index (Phi) is 4.98. The molecule has 5 heteroatoms. The fraction of sp³-hybridized carbons (Fsp3) is 0.571. The van der Waals surface area contributed by atoms with Gasteiger partial charge in [0.1, 0.15) is 5.82 Å². The number of nitrogens with one attached hydrogen (secondary N) is 1. The summed E-state index contributed by atoms with van der Waals surface area (Å²) in [5, 5.41) is 3.22. The van der Waals surface area contributed by atoms with E-state index in [9.17, 15) is 4.39 Å². The van der Waals surface area contributed by atoms with Crippen LogP contribution < -0.4 is 11.1 Å². The Morgan fingerprint density at radius 1 is 1.32 bits per heavy atom. The lowest BCUT2D eigenvalue weighted by Crippen LogP contribution is -2.41. The summed E-state index contributed by atoms with van der Waals surface area (Å²) in [4.78, 5) is 0. The van der Waals surface area contributed by atoms with Gasteiger partial charge in [0.15, 0.2) is 8.32 Å². The maximum absolute atomic E-state index is 13.5. The molecule has 0 aromatic heterocycles. The van der Waals surface area contributed by atoms with Crippen molar-refractivity contribution in [2.75, 3.05) is 24.2 Å². The van der Waals surface area contributed by atoms with Crippen LogP contribution in [0.15, 0.2) is 18.2 Å². The molecule has 0 unspecified atom stereocenters. The van der Waals surface area contributed by atoms with Gasteiger partial charge in [-0.3, -0.25) is 0 Å². The fourth-order valence-corrected chi connectivity index (χ4v) is 2.43. The quantitative estimate of drug-likeness (QED) is 0.490. The number of nitrogens with two attached hydrogens (primary N) is 1. The first-order chi connectivity index (χ1) is 8.63. The minimum Gasteiger partial charge on any atom is -0.415 e. The van der Waals surface area contributed by atoms with Gasteiger partial charge in [0.2, 0.25) is 0 Å². The van der Waals surface area contributed by atoms with Crippen LogP contribution in [0, 0.1) is 5.82 Å². The highest BCUT2D eigenvalue weighted by Gasteiger charge is 2.36. The Hall–Kier alpha value is -1.07. The van der Waals surface area contributed by atoms with Crippen molar-refractivity contribution in [3.05, 3.63) is 24.0 Å². The molecule has 1 aromatic rings. The van der Waals surface area contributed by atoms with E-state index in [1.165, 1.54) is 6.07 Å². The largest absolute Gasteiger partial charge is 0.415 e. The van der Waals surface area contributed by atoms with Crippen LogP contribution in [-0.2, 0) is 4.43 Å². The summed E-state index contributed by atoms with van der Waals surface area (Å²) in [6.07, 6.45) is 0. The first kappa shape index (κ1) is 16.0. The van der Waals surface area contributed by atoms with E-state index in [1.807, 2.05) is 0 Å². The Balaban J connectivity index is 2.43. The second-order valence-electron chi connectivity index (χ2n) is 6.27. The Morgan fingerprint density at radius 3 is 2.47 bits per heavy atom. The van der Waals surface area contributed by atoms with Crippen molar-refractivity contribution in [3.8, 4) is 0 Å². The van der Waals surface area contributed by atoms with Crippen molar-refractivity contribution in [2.45, 2.75) is 38.9 Å². The highest BCUT2D eigenvalue weighted by molar-refractivity contribution is 6.74. The molecular formula is C14H25FN2OSi. The van der Waals surface area contributed by atoms with Crippen LogP contribution in [0.2, 0.25) is 18.1 Å². The predicted octanol–water partition coefficient (Wildman–Crippen LogP) is 3.84. The summed E-state index contributed by atoms with van der Waals surface area (Å²) < 4.78 is 19.5. The molecule has 0 aliphatic rings. The van der Waals surface area contributed by atoms with Gasteiger partial charge in [-0.2, -0.15) is 0 Å². The third kappa shape index (κ3) is 4.51. The molecule has 0 spiro atoms. The molecule has 0 heterocycles. The summed E-state index contributed by atoms with van der Waals surface area (Å²) in [6.45, 7) is 12.2. The molecule has 0 amide bonds. The van der Waals surface area contributed by atoms with E-state index in [-0.39, 0.29) is 10.9 Å². The van der Waals surface area contributed by atoms with E-state index in [0.29, 0.717) is 24.5 Å². The van der Waals surface area contributed by atoms with E-state index < -0.39 is 8.32 Å². The molecule has 0 aliphatic heterocycles. The van der Waals surface area contributed by atoms with Crippen LogP contribution in [-0.4, -0.2) is 21.5 Å². The topological polar surface area (TPSA) is 47.3 Å². The SMILES string of the molecule is CC(C)(C)[Si](C)(C)OCCNc1ccc(N)cc1F. The Bertz CT molecular complexity index is 430. The van der Waals surface area contributed by atoms with Crippen LogP contribution >= 0.6 is 0 Å². The number of rotatable bonds is 5. The predicted molar refractivity (Wildman–Crippen MR) is 82.5 cm³/mol. The lowest BCUT2D eigenvalue weighted by Gasteiger charge is -2.36. The zero-order valence-corrected chi connectivity index (χ0v) is 13.5. The lowest BCUT2D eigenvalue weighted by atomic mass is 10.2. The van der Waals surface area contributed by atoms with Gasteiger partial charge in [0.05, 0.1) is 12.3 Å². The number of anilines is 2. The van der Waals surface area contributed by atoms with E-state index in [2.05, 4.69) is 39.2 Å². The molecule has 0 atom stereocenters. The summed E-state index contributed by atoms with van der Waals surface area (Å²) in [5.41, 5.74) is 6.40. The standard InChI is InChI=1S/C14H25FN2OSi/c1-14(2,3)19(4,5)18-9-8-17-13-7-6-11(16)10-12(13)15/h6-7,10,17H,8-9,16H2,1-5H3. The van der Waals surface area contributed by atoms with Gasteiger partial charge in [-0.15, -0.1) is 0 Å². The highest BCUT2D eigenvalue weighted by Crippen LogP contribution is 2.36. The molecule has 0 bridgehead atoms. The lowest BCUT2D eigenvalue weighted by molar-refractivity contribution is 0.301. The minimum absolute atomic E-state index is 0.194. The first-order valence-corrected chi connectivity index (χ1v) is 9.47. The summed E-state index contributed by atoms with van der Waals surface area (Å²) >= 11 is 0. The number of halogens is 1. The van der Waals surface area contributed by atoms with Crippen molar-refractivity contribution in [3.63, 3.8) is 0 Å². The van der Waals surface area contributed by atoms with Crippen molar-refractivity contribution < 1.29 is 8.82 Å². The van der Waals surface area contributed by atoms with Crippen LogP contribution in [0.4, 0.5) is 15.8 Å². The second-order valence-corrected chi connectivity index (χ2v) is 11.1. The molecule has 0 fully saturated rings. The molecule has 0 saturated heterocycles. The smallest absolute Gasteiger partial charge is 0.192 e. The number of benzene rings is 1. The van der Waals surface area contributed by atoms with Gasteiger partial charge >= 0.3 is 0 Å². The van der Waals surface area contributed by atoms with Crippen molar-refractivity contribution >= 4 is 19.7 Å². The number of hydrogen-bond acceptors (Lipinski definition) is 3. The molecule has 0 saturated carbocycles. The van der Waals surface area contributed by atoms with Crippen LogP contribution in [0.3, 0.4) is 0 Å². The van der Waals surface area contributed by atoms with Crippen LogP contribution in [0.5, 0.6) is 0 Å². The minimum atomic E-state index is -1.72. The maximum atomic E-state index is 13.5. The van der Waals surface area contributed by atoms with Gasteiger partial charge in [-0.1, -0.05) is 20.8 Å². The van der Waals surface area contributed by atoms with Crippen LogP contribution in [0.25, 0.3) is 0 Å². The van der Waals surface area contributed by atoms with Gasteiger partial charge in [-0.25, -0.2) is 4.39 Å². The molecule has 108 valence electrons. The average Bonchev–Trinajstić information content (AvgIpc) is 2.25. The van der Waals surface area contributed by atoms with E-state index >= 15 is 0 Å². The van der Waals surface area contributed by atoms with Crippen LogP contribution in [0.1, 0.15) is 20.8 Å². The Morgan fingerprint density at radius 2 is 1.95 bits per heavy atom. The zero-order valence-electron chi connectivity index (χ0n) is 12.5. The highest BCUT2D eigenvalue weighted by atomic mass is 28.4. The molecule has 1 aromatic carbocycles. The third-order valence-electron chi connectivity index (χ3n) is 3.68. The van der Waals surface area contributed by atoms with E-state index in [1.54, 1.807) is 12.1 Å². The fourth-order valence-electron chi connectivity index (χ4n) is 1.38. The first-order valence-electron chi connectivity index (χ1n) is 6.56. The summed E-state index contributed by atoms with van der Waals surface area (Å²) in [6, 6.07) is 4.65. The van der Waals surface area contributed by atoms with Gasteiger partial charge in [0.25, 0.3) is 0 Å². The van der Waals surface area contributed by atoms with Gasteiger partial charge < -0.3 is 15.5 Å². The van der Waals surface area contributed by atoms with Gasteiger partial charge in [-0.05, 0) is 36.3 Å². The number of nitrogen functional groups attached to an aromatic ring is 1. The third-order valence-corrected chi connectivity index (χ3v) is 8.22. The molecule has 19 heavy (non-hydrogen) atoms. The van der Waals surface area contributed by atoms with Crippen molar-refractivity contribution in [1.82, 2.24) is 0 Å². The molecule has 1 rings (SSSR count). The van der Waals surface area contributed by atoms with Crippen molar-refractivity contribution in [2.24, 2.45) is 0 Å².